The molecule has 4 atom stereocenters. The zero-order valence-corrected chi connectivity index (χ0v) is 38.3. The van der Waals surface area contributed by atoms with Crippen molar-refractivity contribution < 1.29 is 4.79 Å². The van der Waals surface area contributed by atoms with Gasteiger partial charge in [0.15, 0.2) is 0 Å². The fourth-order valence-corrected chi connectivity index (χ4v) is 8.92. The number of piperidine rings is 2. The summed E-state index contributed by atoms with van der Waals surface area (Å²) in [5.74, 6) is 1.01. The molecule has 2 saturated heterocycles. The average Bonchev–Trinajstić information content (AvgIpc) is 3.27. The number of nitrogens with zero attached hydrogens (tertiary/aromatic N) is 6. The molecule has 4 aromatic carbocycles. The van der Waals surface area contributed by atoms with Gasteiger partial charge in [-0.15, -0.1) is 12.4 Å². The highest BCUT2D eigenvalue weighted by Gasteiger charge is 2.40. The molecule has 2 aliphatic rings. The molecule has 0 bridgehead atoms. The topological polar surface area (TPSA) is 123 Å². The lowest BCUT2D eigenvalue weighted by atomic mass is 9.89. The number of carbonyl (C=O) groups is 1. The monoisotopic (exact) mass is 904 g/mol. The molecular weight excluding hydrogens is 851 g/mol. The van der Waals surface area contributed by atoms with Crippen LogP contribution in [0.25, 0.3) is 22.5 Å². The first-order chi connectivity index (χ1) is 30.0. The van der Waals surface area contributed by atoms with E-state index < -0.39 is 0 Å². The number of amides is 2. The van der Waals surface area contributed by atoms with Crippen LogP contribution in [-0.2, 0) is 0 Å². The molecule has 2 amide bonds. The summed E-state index contributed by atoms with van der Waals surface area (Å²) in [4.78, 5) is 37.7. The quantitative estimate of drug-likeness (QED) is 0.0950. The summed E-state index contributed by atoms with van der Waals surface area (Å²) in [6.07, 6.45) is 6.92. The van der Waals surface area contributed by atoms with Crippen molar-refractivity contribution in [1.82, 2.24) is 40.4 Å². The molecule has 63 heavy (non-hydrogen) atoms. The van der Waals surface area contributed by atoms with E-state index in [1.54, 1.807) is 12.4 Å². The van der Waals surface area contributed by atoms with E-state index >= 15 is 4.79 Å². The van der Waals surface area contributed by atoms with E-state index in [2.05, 4.69) is 117 Å². The second kappa shape index (κ2) is 20.9. The Hall–Kier alpha value is -5.30. The Labute approximate surface area is 386 Å². The third kappa shape index (κ3) is 11.6. The van der Waals surface area contributed by atoms with Gasteiger partial charge in [-0.05, 0) is 97.5 Å². The number of likely N-dealkylation sites (tertiary alicyclic amines) is 2. The van der Waals surface area contributed by atoms with Crippen LogP contribution in [0.1, 0.15) is 76.6 Å². The molecule has 6 aromatic rings. The SMILES string of the molecule is CC(C)NC1CCN(C(=O)N2CCC(NC(C)C)CC2c2ccc(Nc3nccc(-c4ccc(Cl)cc4)n3)cc2)C(c2ccc(Nc3nccc(-c4ccc(Cl)cc4)n3)cc2)C1.Cl. The molecule has 4 heterocycles. The minimum absolute atomic E-state index is 0. The zero-order chi connectivity index (χ0) is 43.2. The Kier molecular flexibility index (Phi) is 15.2. The Morgan fingerprint density at radius 3 is 1.32 bits per heavy atom. The molecule has 328 valence electrons. The second-order valence-corrected chi connectivity index (χ2v) is 17.7. The summed E-state index contributed by atoms with van der Waals surface area (Å²) in [5, 5.41) is 15.6. The van der Waals surface area contributed by atoms with E-state index in [0.717, 1.165) is 70.7 Å². The van der Waals surface area contributed by atoms with Crippen molar-refractivity contribution in [3.8, 4) is 22.5 Å². The average molecular weight is 906 g/mol. The van der Waals surface area contributed by atoms with E-state index in [1.807, 2.05) is 60.7 Å². The summed E-state index contributed by atoms with van der Waals surface area (Å²) < 4.78 is 0. The van der Waals surface area contributed by atoms with Gasteiger partial charge < -0.3 is 31.1 Å². The normalized spacial score (nSPS) is 18.9. The van der Waals surface area contributed by atoms with E-state index in [4.69, 9.17) is 33.2 Å². The van der Waals surface area contributed by atoms with Crippen molar-refractivity contribution in [2.45, 2.75) is 89.6 Å². The van der Waals surface area contributed by atoms with E-state index in [1.165, 1.54) is 0 Å². The van der Waals surface area contributed by atoms with Crippen molar-refractivity contribution in [2.75, 3.05) is 23.7 Å². The van der Waals surface area contributed by atoms with Crippen LogP contribution in [0.3, 0.4) is 0 Å². The maximum absolute atomic E-state index is 15.1. The van der Waals surface area contributed by atoms with Crippen LogP contribution in [-0.4, -0.2) is 73.0 Å². The van der Waals surface area contributed by atoms with Gasteiger partial charge in [0, 0.05) is 82.2 Å². The standard InChI is InChI=1S/C49H54Cl2N10O.ClH/c1-31(2)54-41-23-27-60(45(29-41)35-9-17-39(18-10-35)56-47-52-25-21-43(58-47)33-5-13-37(50)14-6-33)49(62)61-28-24-42(55-32(3)4)30-46(61)36-11-19-40(20-12-36)57-48-53-26-22-44(59-48)34-7-15-38(51)16-8-34;/h5-22,25-26,31-32,41-42,45-46,54-55H,23-24,27-30H2,1-4H3,(H,52,56,58)(H,53,57,59);1H. The molecule has 4 unspecified atom stereocenters. The number of rotatable bonds is 12. The lowest BCUT2D eigenvalue weighted by molar-refractivity contribution is 0.0725. The molecule has 0 saturated carbocycles. The van der Waals surface area contributed by atoms with E-state index in [0.29, 0.717) is 59.2 Å². The van der Waals surface area contributed by atoms with Crippen molar-refractivity contribution in [3.63, 3.8) is 0 Å². The van der Waals surface area contributed by atoms with Gasteiger partial charge >= 0.3 is 6.03 Å². The number of halogens is 3. The van der Waals surface area contributed by atoms with Crippen LogP contribution < -0.4 is 21.3 Å². The van der Waals surface area contributed by atoms with Gasteiger partial charge in [-0.25, -0.2) is 24.7 Å². The smallest absolute Gasteiger partial charge is 0.321 e. The van der Waals surface area contributed by atoms with Crippen LogP contribution in [0.15, 0.2) is 122 Å². The largest absolute Gasteiger partial charge is 0.324 e. The summed E-state index contributed by atoms with van der Waals surface area (Å²) in [6.45, 7) is 10.1. The fourth-order valence-electron chi connectivity index (χ4n) is 8.67. The molecule has 11 nitrogen and oxygen atoms in total. The number of urea groups is 1. The van der Waals surface area contributed by atoms with Gasteiger partial charge in [-0.1, -0.05) is 99.4 Å². The molecule has 8 rings (SSSR count). The Bertz CT molecular complexity index is 2250. The summed E-state index contributed by atoms with van der Waals surface area (Å²) >= 11 is 12.2. The number of carbonyl (C=O) groups excluding carboxylic acids is 1. The van der Waals surface area contributed by atoms with Gasteiger partial charge in [-0.3, -0.25) is 0 Å². The number of hydrogen-bond donors (Lipinski definition) is 4. The number of anilines is 4. The number of benzene rings is 4. The molecule has 14 heteroatoms. The minimum Gasteiger partial charge on any atom is -0.324 e. The Morgan fingerprint density at radius 1 is 0.571 bits per heavy atom. The molecule has 2 aromatic heterocycles. The maximum Gasteiger partial charge on any atom is 0.321 e. The minimum atomic E-state index is -0.103. The van der Waals surface area contributed by atoms with Crippen LogP contribution in [0.2, 0.25) is 10.0 Å². The predicted molar refractivity (Wildman–Crippen MR) is 259 cm³/mol. The lowest BCUT2D eigenvalue weighted by Crippen LogP contribution is -2.55. The summed E-state index contributed by atoms with van der Waals surface area (Å²) in [7, 11) is 0. The Morgan fingerprint density at radius 2 is 0.952 bits per heavy atom. The third-order valence-electron chi connectivity index (χ3n) is 11.5. The first kappa shape index (κ1) is 45.7. The molecule has 0 radical (unpaired) electrons. The van der Waals surface area contributed by atoms with Crippen LogP contribution >= 0.6 is 35.6 Å². The number of hydrogen-bond acceptors (Lipinski definition) is 9. The number of aromatic nitrogens is 4. The van der Waals surface area contributed by atoms with Crippen LogP contribution in [0.4, 0.5) is 28.1 Å². The highest BCUT2D eigenvalue weighted by molar-refractivity contribution is 6.30. The maximum atomic E-state index is 15.1. The first-order valence-electron chi connectivity index (χ1n) is 21.6. The molecule has 0 spiro atoms. The van der Waals surface area contributed by atoms with Crippen molar-refractivity contribution in [1.29, 1.82) is 0 Å². The second-order valence-electron chi connectivity index (χ2n) is 16.8. The third-order valence-corrected chi connectivity index (χ3v) is 12.0. The van der Waals surface area contributed by atoms with Gasteiger partial charge in [0.1, 0.15) is 0 Å². The lowest BCUT2D eigenvalue weighted by Gasteiger charge is -2.47. The zero-order valence-electron chi connectivity index (χ0n) is 36.0. The van der Waals surface area contributed by atoms with Crippen LogP contribution in [0.5, 0.6) is 0 Å². The fraction of sp³-hybridized carbons (Fsp3) is 0.327. The molecule has 2 fully saturated rings. The van der Waals surface area contributed by atoms with Gasteiger partial charge in [0.2, 0.25) is 11.9 Å². The van der Waals surface area contributed by atoms with Crippen molar-refractivity contribution in [3.05, 3.63) is 143 Å². The van der Waals surface area contributed by atoms with Crippen molar-refractivity contribution in [2.24, 2.45) is 0 Å². The Balaban J connectivity index is 0.00000595. The first-order valence-corrected chi connectivity index (χ1v) is 22.3. The van der Waals surface area contributed by atoms with Gasteiger partial charge in [-0.2, -0.15) is 0 Å². The molecule has 2 aliphatic heterocycles. The number of nitrogens with one attached hydrogen (secondary N) is 4. The van der Waals surface area contributed by atoms with E-state index in [9.17, 15) is 0 Å². The summed E-state index contributed by atoms with van der Waals surface area (Å²) in [6, 6.07) is 36.8. The summed E-state index contributed by atoms with van der Waals surface area (Å²) in [5.41, 5.74) is 7.45. The highest BCUT2D eigenvalue weighted by atomic mass is 35.5. The molecule has 0 aliphatic carbocycles. The van der Waals surface area contributed by atoms with Crippen molar-refractivity contribution >= 4 is 64.9 Å². The van der Waals surface area contributed by atoms with Crippen LogP contribution in [0, 0.1) is 0 Å². The predicted octanol–water partition coefficient (Wildman–Crippen LogP) is 11.6. The van der Waals surface area contributed by atoms with E-state index in [-0.39, 0.29) is 30.5 Å². The molecule has 4 N–H and O–H groups in total. The highest BCUT2D eigenvalue weighted by Crippen LogP contribution is 2.38. The van der Waals surface area contributed by atoms with Gasteiger partial charge in [0.25, 0.3) is 0 Å². The van der Waals surface area contributed by atoms with Gasteiger partial charge in [0.05, 0.1) is 23.5 Å². The molecular formula is C49H55Cl3N10O.